The largest absolute Gasteiger partial charge is 0.496 e. The summed E-state index contributed by atoms with van der Waals surface area (Å²) >= 11 is 5.94. The van der Waals surface area contributed by atoms with Crippen LogP contribution in [0, 0.1) is 24.0 Å². The molecule has 216 valence electrons. The first-order valence-electron chi connectivity index (χ1n) is 13.8. The smallest absolute Gasteiger partial charge is 0.296 e. The van der Waals surface area contributed by atoms with Crippen molar-refractivity contribution in [3.05, 3.63) is 106 Å². The molecule has 2 aromatic carbocycles. The van der Waals surface area contributed by atoms with Crippen LogP contribution in [-0.4, -0.2) is 53.0 Å². The quantitative estimate of drug-likeness (QED) is 0.173. The molecule has 11 heteroatoms. The number of aromatic nitrogens is 2. The van der Waals surface area contributed by atoms with Crippen molar-refractivity contribution in [3.63, 3.8) is 0 Å². The maximum absolute atomic E-state index is 12.1. The minimum atomic E-state index is -0.373. The lowest BCUT2D eigenvalue weighted by Gasteiger charge is -2.31. The van der Waals surface area contributed by atoms with E-state index in [2.05, 4.69) is 50.4 Å². The first kappa shape index (κ1) is 27.7. The zero-order valence-electron chi connectivity index (χ0n) is 23.7. The average molecular weight is 585 g/mol. The molecule has 2 aliphatic heterocycles. The molecular formula is C31H32N6O4S. The number of methoxy groups -OCH3 is 1. The minimum Gasteiger partial charge on any atom is -0.496 e. The highest BCUT2D eigenvalue weighted by molar-refractivity contribution is 7.80. The fraction of sp³-hybridized carbons (Fsp3) is 0.290. The summed E-state index contributed by atoms with van der Waals surface area (Å²) in [5.41, 5.74) is 6.15. The summed E-state index contributed by atoms with van der Waals surface area (Å²) in [7, 11) is 1.50. The van der Waals surface area contributed by atoms with Crippen LogP contribution in [0.25, 0.3) is 5.69 Å². The fourth-order valence-corrected chi connectivity index (χ4v) is 6.36. The van der Waals surface area contributed by atoms with Crippen molar-refractivity contribution in [1.82, 2.24) is 14.9 Å². The minimum absolute atomic E-state index is 0.0281. The topological polar surface area (TPSA) is 97.9 Å². The molecule has 1 N–H and O–H groups in total. The molecule has 2 aromatic heterocycles. The van der Waals surface area contributed by atoms with Crippen molar-refractivity contribution in [2.75, 3.05) is 43.2 Å². The Morgan fingerprint density at radius 3 is 2.45 bits per heavy atom. The summed E-state index contributed by atoms with van der Waals surface area (Å²) in [4.78, 5) is 20.8. The van der Waals surface area contributed by atoms with Crippen LogP contribution in [0.2, 0.25) is 0 Å². The number of nitrogens with one attached hydrogen (secondary N) is 1. The Morgan fingerprint density at radius 2 is 1.79 bits per heavy atom. The van der Waals surface area contributed by atoms with Crippen molar-refractivity contribution in [2.45, 2.75) is 25.9 Å². The summed E-state index contributed by atoms with van der Waals surface area (Å²) in [6.45, 7) is 7.11. The standard InChI is InChI=1S/C31H32N6O4S/c1-20-18-25(21(2)35(20)27-12-11-24(40-3)19-28(27)37(38)39)30-29(26-6-4-5-13-32-26)33-31(42)36(30)23-9-7-22(8-10-23)34-14-16-41-17-15-34/h4-13,18-19,29-30H,14-17H2,1-3H3,(H,33,42). The van der Waals surface area contributed by atoms with Crippen LogP contribution < -0.4 is 19.9 Å². The molecule has 2 saturated heterocycles. The van der Waals surface area contributed by atoms with Crippen LogP contribution in [0.1, 0.15) is 34.7 Å². The van der Waals surface area contributed by atoms with Crippen molar-refractivity contribution < 1.29 is 14.4 Å². The Morgan fingerprint density at radius 1 is 1.05 bits per heavy atom. The van der Waals surface area contributed by atoms with Crippen LogP contribution in [0.4, 0.5) is 17.1 Å². The van der Waals surface area contributed by atoms with Gasteiger partial charge in [0.1, 0.15) is 11.4 Å². The number of hydrogen-bond donors (Lipinski definition) is 1. The number of aryl methyl sites for hydroxylation is 1. The summed E-state index contributed by atoms with van der Waals surface area (Å²) in [5.74, 6) is 0.431. The van der Waals surface area contributed by atoms with Crippen LogP contribution in [0.3, 0.4) is 0 Å². The number of rotatable bonds is 7. The van der Waals surface area contributed by atoms with Gasteiger partial charge >= 0.3 is 0 Å². The molecule has 0 bridgehead atoms. The summed E-state index contributed by atoms with van der Waals surface area (Å²) in [5, 5.41) is 16.2. The Kier molecular flexibility index (Phi) is 7.53. The zero-order valence-corrected chi connectivity index (χ0v) is 24.5. The van der Waals surface area contributed by atoms with Crippen LogP contribution >= 0.6 is 12.2 Å². The summed E-state index contributed by atoms with van der Waals surface area (Å²) < 4.78 is 12.7. The van der Waals surface area contributed by atoms with Crippen LogP contribution in [0.15, 0.2) is 72.9 Å². The molecule has 2 atom stereocenters. The van der Waals surface area contributed by atoms with E-state index in [0.717, 1.165) is 60.3 Å². The average Bonchev–Trinajstić information content (AvgIpc) is 3.52. The number of pyridine rings is 1. The molecule has 4 aromatic rings. The number of ether oxygens (including phenoxy) is 2. The molecule has 2 aliphatic rings. The third-order valence-corrected chi connectivity index (χ3v) is 8.33. The predicted octanol–water partition coefficient (Wildman–Crippen LogP) is 5.42. The normalized spacial score (nSPS) is 18.7. The molecule has 10 nitrogen and oxygen atoms in total. The SMILES string of the molecule is COc1ccc(-n2c(C)cc(C3C(c4ccccn4)NC(=S)N3c3ccc(N4CCOCC4)cc3)c2C)c([N+](=O)[O-])c1. The Bertz CT molecular complexity index is 1620. The van der Waals surface area contributed by atoms with Gasteiger partial charge < -0.3 is 29.2 Å². The highest BCUT2D eigenvalue weighted by Crippen LogP contribution is 2.44. The van der Waals surface area contributed by atoms with Gasteiger partial charge in [-0.1, -0.05) is 6.07 Å². The van der Waals surface area contributed by atoms with E-state index < -0.39 is 0 Å². The number of thiocarbonyl (C=S) groups is 1. The first-order valence-corrected chi connectivity index (χ1v) is 14.2. The number of hydrogen-bond acceptors (Lipinski definition) is 7. The number of nitro groups is 1. The van der Waals surface area contributed by atoms with Crippen molar-refractivity contribution in [2.24, 2.45) is 0 Å². The number of morpholine rings is 1. The molecule has 2 unspecified atom stereocenters. The van der Waals surface area contributed by atoms with Crippen molar-refractivity contribution in [3.8, 4) is 11.4 Å². The lowest BCUT2D eigenvalue weighted by molar-refractivity contribution is -0.384. The Labute approximate surface area is 249 Å². The van der Waals surface area contributed by atoms with E-state index in [1.54, 1.807) is 18.3 Å². The molecule has 42 heavy (non-hydrogen) atoms. The van der Waals surface area contributed by atoms with Gasteiger partial charge in [0.25, 0.3) is 5.69 Å². The van der Waals surface area contributed by atoms with E-state index in [0.29, 0.717) is 16.5 Å². The van der Waals surface area contributed by atoms with Gasteiger partial charge in [0.15, 0.2) is 5.11 Å². The monoisotopic (exact) mass is 584 g/mol. The number of benzene rings is 2. The summed E-state index contributed by atoms with van der Waals surface area (Å²) in [6.07, 6.45) is 1.78. The van der Waals surface area contributed by atoms with E-state index in [1.807, 2.05) is 36.6 Å². The predicted molar refractivity (Wildman–Crippen MR) is 166 cm³/mol. The summed E-state index contributed by atoms with van der Waals surface area (Å²) in [6, 6.07) is 20.8. The lowest BCUT2D eigenvalue weighted by Crippen LogP contribution is -2.36. The third-order valence-electron chi connectivity index (χ3n) is 8.01. The molecule has 2 fully saturated rings. The second-order valence-corrected chi connectivity index (χ2v) is 10.8. The maximum Gasteiger partial charge on any atom is 0.296 e. The molecule has 0 aliphatic carbocycles. The lowest BCUT2D eigenvalue weighted by atomic mass is 9.96. The highest BCUT2D eigenvalue weighted by Gasteiger charge is 2.42. The number of nitro benzene ring substituents is 1. The zero-order chi connectivity index (χ0) is 29.4. The van der Waals surface area contributed by atoms with Gasteiger partial charge in [-0.15, -0.1) is 0 Å². The molecule has 4 heterocycles. The molecule has 0 saturated carbocycles. The Balaban J connectivity index is 1.46. The molecule has 6 rings (SSSR count). The third kappa shape index (κ3) is 4.94. The number of nitrogens with zero attached hydrogens (tertiary/aromatic N) is 5. The fourth-order valence-electron chi connectivity index (χ4n) is 6.02. The molecule has 0 amide bonds. The van der Waals surface area contributed by atoms with Gasteiger partial charge in [-0.05, 0) is 86.2 Å². The number of anilines is 2. The highest BCUT2D eigenvalue weighted by atomic mass is 32.1. The van der Waals surface area contributed by atoms with Gasteiger partial charge in [0, 0.05) is 42.0 Å². The molecular weight excluding hydrogens is 552 g/mol. The van der Waals surface area contributed by atoms with Gasteiger partial charge in [-0.2, -0.15) is 0 Å². The van der Waals surface area contributed by atoms with E-state index in [-0.39, 0.29) is 22.7 Å². The molecule has 0 radical (unpaired) electrons. The van der Waals surface area contributed by atoms with Crippen molar-refractivity contribution >= 4 is 34.4 Å². The van der Waals surface area contributed by atoms with E-state index >= 15 is 0 Å². The van der Waals surface area contributed by atoms with Gasteiger partial charge in [0.05, 0.1) is 49.1 Å². The maximum atomic E-state index is 12.1. The Hall–Kier alpha value is -4.48. The second-order valence-electron chi connectivity index (χ2n) is 10.4. The van der Waals surface area contributed by atoms with Gasteiger partial charge in [0.2, 0.25) is 0 Å². The van der Waals surface area contributed by atoms with Gasteiger partial charge in [-0.3, -0.25) is 15.1 Å². The van der Waals surface area contributed by atoms with Crippen molar-refractivity contribution in [1.29, 1.82) is 0 Å². The van der Waals surface area contributed by atoms with E-state index in [4.69, 9.17) is 21.7 Å². The van der Waals surface area contributed by atoms with E-state index in [9.17, 15) is 10.1 Å². The van der Waals surface area contributed by atoms with E-state index in [1.165, 1.54) is 13.2 Å². The second kappa shape index (κ2) is 11.4. The van der Waals surface area contributed by atoms with Crippen LogP contribution in [0.5, 0.6) is 5.75 Å². The first-order chi connectivity index (χ1) is 20.4. The van der Waals surface area contributed by atoms with Crippen LogP contribution in [-0.2, 0) is 4.74 Å². The van der Waals surface area contributed by atoms with Gasteiger partial charge in [-0.25, -0.2) is 0 Å². The molecule has 0 spiro atoms.